The van der Waals surface area contributed by atoms with E-state index in [0.717, 1.165) is 32.8 Å². The van der Waals surface area contributed by atoms with Crippen molar-refractivity contribution < 1.29 is 4.79 Å². The highest BCUT2D eigenvalue weighted by Gasteiger charge is 2.09. The first-order valence-electron chi connectivity index (χ1n) is 7.63. The fraction of sp³-hybridized carbons (Fsp3) is 0.158. The van der Waals surface area contributed by atoms with Crippen LogP contribution in [-0.4, -0.2) is 10.9 Å². The third kappa shape index (κ3) is 4.52. The second kappa shape index (κ2) is 7.73. The molecule has 0 spiro atoms. The minimum Gasteiger partial charge on any atom is -0.326 e. The van der Waals surface area contributed by atoms with Gasteiger partial charge in [0.15, 0.2) is 0 Å². The molecule has 0 aliphatic heterocycles. The lowest BCUT2D eigenvalue weighted by Crippen LogP contribution is -2.14. The Bertz CT molecular complexity index is 846. The SMILES string of the molecule is Cc1ccc(NC(=O)Cc2csc(Cc3ccccc3)n2)cc1Br. The van der Waals surface area contributed by atoms with Gasteiger partial charge in [0.05, 0.1) is 17.1 Å². The van der Waals surface area contributed by atoms with Crippen LogP contribution in [0.3, 0.4) is 0 Å². The van der Waals surface area contributed by atoms with Crippen LogP contribution in [-0.2, 0) is 17.6 Å². The molecular weight excluding hydrogens is 384 g/mol. The number of halogens is 1. The Kier molecular flexibility index (Phi) is 5.43. The first-order chi connectivity index (χ1) is 11.6. The molecule has 0 fully saturated rings. The van der Waals surface area contributed by atoms with E-state index in [2.05, 4.69) is 38.4 Å². The van der Waals surface area contributed by atoms with Crippen molar-refractivity contribution in [2.75, 3.05) is 5.32 Å². The van der Waals surface area contributed by atoms with Crippen LogP contribution in [0.25, 0.3) is 0 Å². The number of aromatic nitrogens is 1. The Hall–Kier alpha value is -1.98. The summed E-state index contributed by atoms with van der Waals surface area (Å²) >= 11 is 5.07. The van der Waals surface area contributed by atoms with Crippen LogP contribution in [0.15, 0.2) is 58.4 Å². The van der Waals surface area contributed by atoms with Crippen molar-refractivity contribution in [3.8, 4) is 0 Å². The summed E-state index contributed by atoms with van der Waals surface area (Å²) in [7, 11) is 0. The summed E-state index contributed by atoms with van der Waals surface area (Å²) in [6, 6.07) is 16.0. The molecule has 1 heterocycles. The number of hydrogen-bond donors (Lipinski definition) is 1. The first-order valence-corrected chi connectivity index (χ1v) is 9.30. The zero-order valence-corrected chi connectivity index (χ0v) is 15.7. The van der Waals surface area contributed by atoms with E-state index < -0.39 is 0 Å². The lowest BCUT2D eigenvalue weighted by Gasteiger charge is -2.06. The third-order valence-electron chi connectivity index (χ3n) is 3.59. The smallest absolute Gasteiger partial charge is 0.230 e. The zero-order valence-electron chi connectivity index (χ0n) is 13.3. The molecule has 3 nitrogen and oxygen atoms in total. The average Bonchev–Trinajstić information content (AvgIpc) is 2.99. The fourth-order valence-corrected chi connectivity index (χ4v) is 3.53. The quantitative estimate of drug-likeness (QED) is 0.655. The van der Waals surface area contributed by atoms with Gasteiger partial charge in [-0.3, -0.25) is 4.79 Å². The largest absolute Gasteiger partial charge is 0.326 e. The molecule has 1 N–H and O–H groups in total. The van der Waals surface area contributed by atoms with Crippen molar-refractivity contribution in [3.63, 3.8) is 0 Å². The number of nitrogens with one attached hydrogen (secondary N) is 1. The van der Waals surface area contributed by atoms with Crippen molar-refractivity contribution >= 4 is 38.9 Å². The highest BCUT2D eigenvalue weighted by Crippen LogP contribution is 2.21. The molecule has 2 aromatic carbocycles. The number of amides is 1. The van der Waals surface area contributed by atoms with Crippen LogP contribution < -0.4 is 5.32 Å². The topological polar surface area (TPSA) is 42.0 Å². The van der Waals surface area contributed by atoms with E-state index in [4.69, 9.17) is 0 Å². The maximum absolute atomic E-state index is 12.2. The van der Waals surface area contributed by atoms with Crippen LogP contribution in [0.1, 0.15) is 21.8 Å². The summed E-state index contributed by atoms with van der Waals surface area (Å²) in [5.74, 6) is -0.0534. The van der Waals surface area contributed by atoms with Gasteiger partial charge in [-0.25, -0.2) is 4.98 Å². The van der Waals surface area contributed by atoms with Gasteiger partial charge in [-0.2, -0.15) is 0 Å². The molecule has 122 valence electrons. The van der Waals surface area contributed by atoms with Crippen molar-refractivity contribution in [1.29, 1.82) is 0 Å². The van der Waals surface area contributed by atoms with Gasteiger partial charge in [0.25, 0.3) is 0 Å². The van der Waals surface area contributed by atoms with E-state index in [-0.39, 0.29) is 12.3 Å². The number of hydrogen-bond acceptors (Lipinski definition) is 3. The number of thiazole rings is 1. The predicted molar refractivity (Wildman–Crippen MR) is 103 cm³/mol. The Morgan fingerprint density at radius 1 is 1.21 bits per heavy atom. The Morgan fingerprint density at radius 3 is 2.75 bits per heavy atom. The van der Waals surface area contributed by atoms with Crippen molar-refractivity contribution in [1.82, 2.24) is 4.98 Å². The lowest BCUT2D eigenvalue weighted by atomic mass is 10.2. The number of anilines is 1. The number of benzene rings is 2. The number of rotatable bonds is 5. The Labute approximate surface area is 153 Å². The van der Waals surface area contributed by atoms with E-state index in [0.29, 0.717) is 0 Å². The van der Waals surface area contributed by atoms with Crippen LogP contribution in [0.2, 0.25) is 0 Å². The molecule has 1 amide bonds. The fourth-order valence-electron chi connectivity index (χ4n) is 2.32. The number of aryl methyl sites for hydroxylation is 1. The van der Waals surface area contributed by atoms with E-state index >= 15 is 0 Å². The molecule has 0 aliphatic rings. The van der Waals surface area contributed by atoms with Gasteiger partial charge in [-0.1, -0.05) is 52.3 Å². The molecule has 0 unspecified atom stereocenters. The molecular formula is C19H17BrN2OS. The van der Waals surface area contributed by atoms with Gasteiger partial charge in [0.2, 0.25) is 5.91 Å². The molecule has 3 rings (SSSR count). The van der Waals surface area contributed by atoms with E-state index in [1.165, 1.54) is 5.56 Å². The molecule has 0 aliphatic carbocycles. The number of carbonyl (C=O) groups is 1. The maximum atomic E-state index is 12.2. The van der Waals surface area contributed by atoms with Gasteiger partial charge in [0, 0.05) is 22.0 Å². The van der Waals surface area contributed by atoms with E-state index in [9.17, 15) is 4.79 Å². The normalized spacial score (nSPS) is 10.6. The number of nitrogens with zero attached hydrogens (tertiary/aromatic N) is 1. The molecule has 0 saturated heterocycles. The third-order valence-corrected chi connectivity index (χ3v) is 5.35. The molecule has 0 saturated carbocycles. The molecule has 5 heteroatoms. The summed E-state index contributed by atoms with van der Waals surface area (Å²) in [5, 5.41) is 5.90. The summed E-state index contributed by atoms with van der Waals surface area (Å²) in [6.07, 6.45) is 1.09. The number of carbonyl (C=O) groups excluding carboxylic acids is 1. The zero-order chi connectivity index (χ0) is 16.9. The summed E-state index contributed by atoms with van der Waals surface area (Å²) < 4.78 is 0.985. The summed E-state index contributed by atoms with van der Waals surface area (Å²) in [5.41, 5.74) is 3.97. The van der Waals surface area contributed by atoms with Gasteiger partial charge >= 0.3 is 0 Å². The van der Waals surface area contributed by atoms with Crippen molar-refractivity contribution in [3.05, 3.63) is 80.2 Å². The molecule has 0 bridgehead atoms. The van der Waals surface area contributed by atoms with E-state index in [1.807, 2.05) is 48.7 Å². The van der Waals surface area contributed by atoms with Crippen LogP contribution in [0.4, 0.5) is 5.69 Å². The molecule has 24 heavy (non-hydrogen) atoms. The van der Waals surface area contributed by atoms with Crippen molar-refractivity contribution in [2.24, 2.45) is 0 Å². The predicted octanol–water partition coefficient (Wildman–Crippen LogP) is 4.99. The second-order valence-electron chi connectivity index (χ2n) is 5.58. The first kappa shape index (κ1) is 16.9. The standard InChI is InChI=1S/C19H17BrN2OS/c1-13-7-8-15(10-17(13)20)21-18(23)11-16-12-24-19(22-16)9-14-5-3-2-4-6-14/h2-8,10,12H,9,11H2,1H3,(H,21,23). The average molecular weight is 401 g/mol. The molecule has 1 aromatic heterocycles. The highest BCUT2D eigenvalue weighted by molar-refractivity contribution is 9.10. The summed E-state index contributed by atoms with van der Waals surface area (Å²) in [6.45, 7) is 2.01. The Balaban J connectivity index is 1.59. The molecule has 3 aromatic rings. The second-order valence-corrected chi connectivity index (χ2v) is 7.38. The molecule has 0 radical (unpaired) electrons. The van der Waals surface area contributed by atoms with Gasteiger partial charge in [-0.15, -0.1) is 11.3 Å². The van der Waals surface area contributed by atoms with Crippen LogP contribution >= 0.6 is 27.3 Å². The van der Waals surface area contributed by atoms with Crippen LogP contribution in [0.5, 0.6) is 0 Å². The Morgan fingerprint density at radius 2 is 2.00 bits per heavy atom. The minimum absolute atomic E-state index is 0.0534. The van der Waals surface area contributed by atoms with E-state index in [1.54, 1.807) is 11.3 Å². The van der Waals surface area contributed by atoms with Crippen molar-refractivity contribution in [2.45, 2.75) is 19.8 Å². The maximum Gasteiger partial charge on any atom is 0.230 e. The highest BCUT2D eigenvalue weighted by atomic mass is 79.9. The minimum atomic E-state index is -0.0534. The van der Waals surface area contributed by atoms with Gasteiger partial charge in [0.1, 0.15) is 0 Å². The molecule has 0 atom stereocenters. The lowest BCUT2D eigenvalue weighted by molar-refractivity contribution is -0.115. The van der Waals surface area contributed by atoms with Crippen LogP contribution in [0, 0.1) is 6.92 Å². The van der Waals surface area contributed by atoms with Gasteiger partial charge < -0.3 is 5.32 Å². The monoisotopic (exact) mass is 400 g/mol. The summed E-state index contributed by atoms with van der Waals surface area (Å²) in [4.78, 5) is 16.8. The van der Waals surface area contributed by atoms with Gasteiger partial charge in [-0.05, 0) is 30.2 Å².